The van der Waals surface area contributed by atoms with Crippen molar-refractivity contribution < 1.29 is 22.3 Å². The van der Waals surface area contributed by atoms with Crippen LogP contribution >= 0.6 is 0 Å². The largest absolute Gasteiger partial charge is 0.360 e. The fraction of sp³-hybridized carbons (Fsp3) is 0.294. The summed E-state index contributed by atoms with van der Waals surface area (Å²) in [4.78, 5) is 0. The topological polar surface area (TPSA) is 9.23 Å². The number of ether oxygens (including phenoxy) is 1. The zero-order chi connectivity index (χ0) is 16.2. The molecule has 0 aliphatic heterocycles. The zero-order valence-corrected chi connectivity index (χ0v) is 12.1. The van der Waals surface area contributed by atoms with Gasteiger partial charge in [-0.15, -0.1) is 0 Å². The molecule has 5 heteroatoms. The fourth-order valence-electron chi connectivity index (χ4n) is 2.00. The summed E-state index contributed by atoms with van der Waals surface area (Å²) in [5, 5.41) is 0. The Morgan fingerprint density at radius 3 is 2.05 bits per heavy atom. The predicted octanol–water partition coefficient (Wildman–Crippen LogP) is 4.88. The van der Waals surface area contributed by atoms with Gasteiger partial charge in [-0.2, -0.15) is 8.78 Å². The number of rotatable bonds is 6. The fourth-order valence-corrected chi connectivity index (χ4v) is 2.00. The Hall–Kier alpha value is -1.88. The van der Waals surface area contributed by atoms with Crippen molar-refractivity contribution >= 4 is 0 Å². The molecule has 0 heterocycles. The number of aryl methyl sites for hydroxylation is 1. The van der Waals surface area contributed by atoms with E-state index in [4.69, 9.17) is 0 Å². The van der Waals surface area contributed by atoms with E-state index in [2.05, 4.69) is 4.74 Å². The highest BCUT2D eigenvalue weighted by Gasteiger charge is 2.30. The van der Waals surface area contributed by atoms with Gasteiger partial charge < -0.3 is 4.74 Å². The molecule has 0 saturated carbocycles. The highest BCUT2D eigenvalue weighted by Crippen LogP contribution is 2.24. The predicted molar refractivity (Wildman–Crippen MR) is 75.6 cm³/mol. The lowest BCUT2D eigenvalue weighted by molar-refractivity contribution is -0.244. The Labute approximate surface area is 126 Å². The van der Waals surface area contributed by atoms with Gasteiger partial charge in [0, 0.05) is 0 Å². The smallest absolute Gasteiger partial charge is 0.315 e. The van der Waals surface area contributed by atoms with Crippen LogP contribution in [0.15, 0.2) is 42.5 Å². The lowest BCUT2D eigenvalue weighted by Crippen LogP contribution is -2.24. The van der Waals surface area contributed by atoms with Gasteiger partial charge in [-0.3, -0.25) is 0 Å². The molecule has 0 aliphatic carbocycles. The average Bonchev–Trinajstić information content (AvgIpc) is 2.49. The van der Waals surface area contributed by atoms with Crippen molar-refractivity contribution in [3.8, 4) is 0 Å². The van der Waals surface area contributed by atoms with Gasteiger partial charge in [0.2, 0.25) is 0 Å². The normalized spacial score (nSPS) is 11.7. The van der Waals surface area contributed by atoms with Gasteiger partial charge in [-0.25, -0.2) is 8.78 Å². The molecule has 2 rings (SSSR count). The van der Waals surface area contributed by atoms with Crippen molar-refractivity contribution in [3.63, 3.8) is 0 Å². The Morgan fingerprint density at radius 2 is 1.45 bits per heavy atom. The van der Waals surface area contributed by atoms with Gasteiger partial charge in [0.1, 0.15) is 0 Å². The average molecular weight is 312 g/mol. The molecule has 0 atom stereocenters. The van der Waals surface area contributed by atoms with Crippen LogP contribution in [0.2, 0.25) is 0 Å². The zero-order valence-electron chi connectivity index (χ0n) is 12.1. The lowest BCUT2D eigenvalue weighted by atomic mass is 10.1. The molecular formula is C17H16F4O. The molecule has 0 fully saturated rings. The second-order valence-electron chi connectivity index (χ2n) is 5.02. The van der Waals surface area contributed by atoms with Crippen molar-refractivity contribution in [3.05, 3.63) is 70.8 Å². The van der Waals surface area contributed by atoms with Crippen molar-refractivity contribution in [1.82, 2.24) is 0 Å². The highest BCUT2D eigenvalue weighted by atomic mass is 19.3. The van der Waals surface area contributed by atoms with Crippen LogP contribution < -0.4 is 0 Å². The first kappa shape index (κ1) is 16.5. The van der Waals surface area contributed by atoms with E-state index < -0.39 is 24.2 Å². The standard InChI is InChI=1S/C17H16F4O/c1-2-12-3-5-13(6-4-12)11-22-17(20,21)10-14-7-8-15(18)16(19)9-14/h3-9H,2,10-11H2,1H3. The van der Waals surface area contributed by atoms with Crippen LogP contribution in [-0.2, 0) is 24.2 Å². The van der Waals surface area contributed by atoms with E-state index >= 15 is 0 Å². The van der Waals surface area contributed by atoms with Crippen molar-refractivity contribution in [2.45, 2.75) is 32.5 Å². The molecule has 0 N–H and O–H groups in total. The maximum Gasteiger partial charge on any atom is 0.360 e. The summed E-state index contributed by atoms with van der Waals surface area (Å²) in [6, 6.07) is 9.86. The first-order valence-electron chi connectivity index (χ1n) is 6.93. The number of hydrogen-bond acceptors (Lipinski definition) is 1. The monoisotopic (exact) mass is 312 g/mol. The summed E-state index contributed by atoms with van der Waals surface area (Å²) in [7, 11) is 0. The Balaban J connectivity index is 1.96. The molecule has 118 valence electrons. The third kappa shape index (κ3) is 4.56. The second kappa shape index (κ2) is 6.92. The third-order valence-electron chi connectivity index (χ3n) is 3.28. The molecule has 0 spiro atoms. The summed E-state index contributed by atoms with van der Waals surface area (Å²) >= 11 is 0. The molecule has 0 aliphatic rings. The number of alkyl halides is 2. The second-order valence-corrected chi connectivity index (χ2v) is 5.02. The minimum Gasteiger partial charge on any atom is -0.315 e. The SMILES string of the molecule is CCc1ccc(COC(F)(F)Cc2ccc(F)c(F)c2)cc1. The quantitative estimate of drug-likeness (QED) is 0.691. The minimum atomic E-state index is -3.45. The van der Waals surface area contributed by atoms with E-state index in [1.807, 2.05) is 19.1 Å². The minimum absolute atomic E-state index is 0.0229. The van der Waals surface area contributed by atoms with E-state index in [0.29, 0.717) is 5.56 Å². The lowest BCUT2D eigenvalue weighted by Gasteiger charge is -2.17. The van der Waals surface area contributed by atoms with Crippen LogP contribution in [0, 0.1) is 11.6 Å². The first-order valence-corrected chi connectivity index (χ1v) is 6.93. The van der Waals surface area contributed by atoms with Crippen LogP contribution in [0.5, 0.6) is 0 Å². The van der Waals surface area contributed by atoms with Gasteiger partial charge in [0.15, 0.2) is 11.6 Å². The van der Waals surface area contributed by atoms with Gasteiger partial charge in [-0.1, -0.05) is 37.3 Å². The first-order chi connectivity index (χ1) is 10.4. The van der Waals surface area contributed by atoms with Crippen LogP contribution in [-0.4, -0.2) is 6.11 Å². The van der Waals surface area contributed by atoms with Crippen molar-refractivity contribution in [1.29, 1.82) is 0 Å². The summed E-state index contributed by atoms with van der Waals surface area (Å²) in [5.41, 5.74) is 1.71. The molecule has 0 aromatic heterocycles. The van der Waals surface area contributed by atoms with Crippen LogP contribution in [0.3, 0.4) is 0 Å². The summed E-state index contributed by atoms with van der Waals surface area (Å²) < 4.78 is 57.9. The van der Waals surface area contributed by atoms with E-state index in [1.54, 1.807) is 12.1 Å². The molecule has 0 amide bonds. The number of benzene rings is 2. The maximum absolute atomic E-state index is 13.7. The highest BCUT2D eigenvalue weighted by molar-refractivity contribution is 5.22. The molecule has 0 radical (unpaired) electrons. The van der Waals surface area contributed by atoms with Gasteiger partial charge in [-0.05, 0) is 35.2 Å². The van der Waals surface area contributed by atoms with Crippen LogP contribution in [0.4, 0.5) is 17.6 Å². The summed E-state index contributed by atoms with van der Waals surface area (Å²) in [5.74, 6) is -2.22. The summed E-state index contributed by atoms with van der Waals surface area (Å²) in [6.45, 7) is 1.75. The van der Waals surface area contributed by atoms with Crippen LogP contribution in [0.25, 0.3) is 0 Å². The van der Waals surface area contributed by atoms with E-state index in [-0.39, 0.29) is 12.2 Å². The molecule has 22 heavy (non-hydrogen) atoms. The van der Waals surface area contributed by atoms with Crippen molar-refractivity contribution in [2.75, 3.05) is 0 Å². The van der Waals surface area contributed by atoms with Gasteiger partial charge in [0.05, 0.1) is 13.0 Å². The van der Waals surface area contributed by atoms with E-state index in [9.17, 15) is 17.6 Å². The summed E-state index contributed by atoms with van der Waals surface area (Å²) in [6.07, 6.45) is -3.39. The molecule has 0 bridgehead atoms. The molecule has 0 unspecified atom stereocenters. The Bertz CT molecular complexity index is 623. The van der Waals surface area contributed by atoms with Gasteiger partial charge in [0.25, 0.3) is 0 Å². The Kier molecular flexibility index (Phi) is 5.19. The van der Waals surface area contributed by atoms with Gasteiger partial charge >= 0.3 is 6.11 Å². The Morgan fingerprint density at radius 1 is 0.864 bits per heavy atom. The van der Waals surface area contributed by atoms with Crippen molar-refractivity contribution in [2.24, 2.45) is 0 Å². The van der Waals surface area contributed by atoms with Crippen LogP contribution in [0.1, 0.15) is 23.6 Å². The molecule has 2 aromatic carbocycles. The molecular weight excluding hydrogens is 296 g/mol. The molecule has 0 saturated heterocycles. The van der Waals surface area contributed by atoms with E-state index in [1.165, 1.54) is 0 Å². The maximum atomic E-state index is 13.7. The molecule has 2 aromatic rings. The van der Waals surface area contributed by atoms with E-state index in [0.717, 1.165) is 30.2 Å². The third-order valence-corrected chi connectivity index (χ3v) is 3.28. The molecule has 1 nitrogen and oxygen atoms in total. The number of halogens is 4. The number of hydrogen-bond donors (Lipinski definition) is 0.